The van der Waals surface area contributed by atoms with E-state index in [9.17, 15) is 14.4 Å². The van der Waals surface area contributed by atoms with E-state index in [2.05, 4.69) is 4.98 Å². The van der Waals surface area contributed by atoms with E-state index in [1.807, 2.05) is 0 Å². The zero-order valence-corrected chi connectivity index (χ0v) is 17.0. The van der Waals surface area contributed by atoms with Gasteiger partial charge in [-0.3, -0.25) is 9.78 Å². The molecule has 1 fully saturated rings. The Balaban J connectivity index is 1.49. The van der Waals surface area contributed by atoms with E-state index in [1.54, 1.807) is 35.4 Å². The average Bonchev–Trinajstić information content (AvgIpc) is 3.21. The Morgan fingerprint density at radius 1 is 1.27 bits per heavy atom. The molecule has 0 saturated carbocycles. The number of pyridine rings is 1. The number of halogens is 1. The molecule has 0 spiro atoms. The fourth-order valence-corrected chi connectivity index (χ4v) is 3.94. The van der Waals surface area contributed by atoms with Gasteiger partial charge >= 0.3 is 11.6 Å². The van der Waals surface area contributed by atoms with Crippen molar-refractivity contribution >= 4 is 34.4 Å². The van der Waals surface area contributed by atoms with Crippen molar-refractivity contribution in [3.63, 3.8) is 0 Å². The van der Waals surface area contributed by atoms with Crippen LogP contribution >= 0.6 is 11.6 Å². The molecule has 0 N–H and O–H groups in total. The van der Waals surface area contributed by atoms with Crippen LogP contribution in [0, 0.1) is 5.92 Å². The van der Waals surface area contributed by atoms with Gasteiger partial charge in [-0.2, -0.15) is 0 Å². The Hall–Kier alpha value is -3.19. The summed E-state index contributed by atoms with van der Waals surface area (Å²) < 4.78 is 10.0. The third-order valence-corrected chi connectivity index (χ3v) is 5.47. The van der Waals surface area contributed by atoms with E-state index in [0.29, 0.717) is 41.1 Å². The van der Waals surface area contributed by atoms with Crippen LogP contribution < -0.4 is 5.63 Å². The van der Waals surface area contributed by atoms with E-state index in [0.717, 1.165) is 12.0 Å². The summed E-state index contributed by atoms with van der Waals surface area (Å²) in [4.78, 5) is 42.7. The first-order chi connectivity index (χ1) is 14.4. The summed E-state index contributed by atoms with van der Waals surface area (Å²) in [6.07, 6.45) is 4.63. The Kier molecular flexibility index (Phi) is 5.55. The number of benzene rings is 1. The molecule has 2 aromatic heterocycles. The van der Waals surface area contributed by atoms with Crippen LogP contribution in [0.4, 0.5) is 0 Å². The van der Waals surface area contributed by atoms with Gasteiger partial charge in [-0.05, 0) is 54.7 Å². The highest BCUT2D eigenvalue weighted by atomic mass is 35.5. The normalized spacial score (nSPS) is 16.1. The molecule has 1 aliphatic rings. The third-order valence-electron chi connectivity index (χ3n) is 5.24. The molecule has 7 nitrogen and oxygen atoms in total. The maximum Gasteiger partial charge on any atom is 0.349 e. The molecular formula is C22H19ClN2O5. The van der Waals surface area contributed by atoms with Crippen LogP contribution in [0.2, 0.25) is 5.02 Å². The highest BCUT2D eigenvalue weighted by molar-refractivity contribution is 6.31. The number of nitrogens with zero attached hydrogens (tertiary/aromatic N) is 2. The molecular weight excluding hydrogens is 408 g/mol. The molecule has 1 saturated heterocycles. The molecule has 0 bridgehead atoms. The molecule has 1 unspecified atom stereocenters. The van der Waals surface area contributed by atoms with Crippen LogP contribution in [-0.4, -0.2) is 42.0 Å². The lowest BCUT2D eigenvalue weighted by Gasteiger charge is -2.16. The molecule has 1 aromatic carbocycles. The smallest absolute Gasteiger partial charge is 0.349 e. The molecule has 154 valence electrons. The maximum absolute atomic E-state index is 12.9. The van der Waals surface area contributed by atoms with Crippen molar-refractivity contribution in [2.45, 2.75) is 12.8 Å². The summed E-state index contributed by atoms with van der Waals surface area (Å²) in [5, 5.41) is 1.10. The van der Waals surface area contributed by atoms with Crippen molar-refractivity contribution in [3.05, 3.63) is 74.9 Å². The van der Waals surface area contributed by atoms with E-state index in [-0.39, 0.29) is 17.4 Å². The summed E-state index contributed by atoms with van der Waals surface area (Å²) >= 11 is 6.00. The minimum Gasteiger partial charge on any atom is -0.465 e. The van der Waals surface area contributed by atoms with Gasteiger partial charge in [-0.15, -0.1) is 0 Å². The number of carbonyl (C=O) groups excluding carboxylic acids is 2. The highest BCUT2D eigenvalue weighted by Crippen LogP contribution is 2.24. The third kappa shape index (κ3) is 4.07. The molecule has 8 heteroatoms. The zero-order valence-electron chi connectivity index (χ0n) is 16.3. The van der Waals surface area contributed by atoms with Crippen LogP contribution in [0.3, 0.4) is 0 Å². The van der Waals surface area contributed by atoms with Crippen LogP contribution in [0.1, 0.15) is 32.7 Å². The number of amides is 1. The number of aromatic nitrogens is 1. The molecule has 4 rings (SSSR count). The first kappa shape index (κ1) is 20.1. The van der Waals surface area contributed by atoms with Gasteiger partial charge < -0.3 is 14.1 Å². The number of ether oxygens (including phenoxy) is 1. The number of carbonyl (C=O) groups is 2. The summed E-state index contributed by atoms with van der Waals surface area (Å²) in [7, 11) is 1.33. The SMILES string of the molecule is COC(=O)c1cncc(CC2CCN(C(=O)c3cc4cc(Cl)ccc4oc3=O)C2)c1. The lowest BCUT2D eigenvalue weighted by atomic mass is 9.99. The Bertz CT molecular complexity index is 1190. The Morgan fingerprint density at radius 3 is 2.90 bits per heavy atom. The second-order valence-corrected chi connectivity index (χ2v) is 7.75. The quantitative estimate of drug-likeness (QED) is 0.469. The van der Waals surface area contributed by atoms with Gasteiger partial charge in [0.2, 0.25) is 0 Å². The van der Waals surface area contributed by atoms with E-state index < -0.39 is 11.6 Å². The number of likely N-dealkylation sites (tertiary alicyclic amines) is 1. The Morgan fingerprint density at radius 2 is 2.10 bits per heavy atom. The molecule has 3 aromatic rings. The van der Waals surface area contributed by atoms with Gasteiger partial charge in [0.25, 0.3) is 5.91 Å². The molecule has 1 amide bonds. The fourth-order valence-electron chi connectivity index (χ4n) is 3.76. The number of hydrogen-bond donors (Lipinski definition) is 0. The minimum atomic E-state index is -0.659. The Labute approximate surface area is 177 Å². The summed E-state index contributed by atoms with van der Waals surface area (Å²) in [5.74, 6) is -0.587. The number of esters is 1. The molecule has 3 heterocycles. The summed E-state index contributed by atoms with van der Waals surface area (Å²) in [6, 6.07) is 8.18. The summed E-state index contributed by atoms with van der Waals surface area (Å²) in [6.45, 7) is 1.05. The topological polar surface area (TPSA) is 89.7 Å². The minimum absolute atomic E-state index is 0.000211. The second-order valence-electron chi connectivity index (χ2n) is 7.31. The van der Waals surface area contributed by atoms with Crippen LogP contribution in [0.5, 0.6) is 0 Å². The van der Waals surface area contributed by atoms with Gasteiger partial charge in [-0.1, -0.05) is 11.6 Å². The maximum atomic E-state index is 12.9. The van der Waals surface area contributed by atoms with Crippen molar-refractivity contribution < 1.29 is 18.7 Å². The number of rotatable bonds is 4. The van der Waals surface area contributed by atoms with Crippen molar-refractivity contribution in [2.24, 2.45) is 5.92 Å². The molecule has 0 radical (unpaired) electrons. The first-order valence-corrected chi connectivity index (χ1v) is 9.87. The van der Waals surface area contributed by atoms with E-state index in [4.69, 9.17) is 20.8 Å². The van der Waals surface area contributed by atoms with Gasteiger partial charge in [0.1, 0.15) is 11.1 Å². The monoisotopic (exact) mass is 426 g/mol. The number of fused-ring (bicyclic) bond motifs is 1. The molecule has 0 aliphatic carbocycles. The predicted molar refractivity (Wildman–Crippen MR) is 111 cm³/mol. The molecule has 1 atom stereocenters. The highest BCUT2D eigenvalue weighted by Gasteiger charge is 2.29. The second kappa shape index (κ2) is 8.28. The van der Waals surface area contributed by atoms with Gasteiger partial charge in [0, 0.05) is 35.9 Å². The van der Waals surface area contributed by atoms with E-state index >= 15 is 0 Å². The standard InChI is InChI=1S/C22H19ClN2O5/c1-29-21(27)16-7-14(10-24-11-16)6-13-4-5-25(12-13)20(26)18-9-15-8-17(23)2-3-19(15)30-22(18)28/h2-3,7-11,13H,4-6,12H2,1H3. The largest absolute Gasteiger partial charge is 0.465 e. The van der Waals surface area contributed by atoms with Crippen molar-refractivity contribution in [3.8, 4) is 0 Å². The zero-order chi connectivity index (χ0) is 21.3. The van der Waals surface area contributed by atoms with Gasteiger partial charge in [0.05, 0.1) is 12.7 Å². The van der Waals surface area contributed by atoms with Crippen LogP contribution in [0.15, 0.2) is 51.9 Å². The predicted octanol–water partition coefficient (Wildman–Crippen LogP) is 3.33. The average molecular weight is 427 g/mol. The first-order valence-electron chi connectivity index (χ1n) is 9.49. The number of methoxy groups -OCH3 is 1. The van der Waals surface area contributed by atoms with Crippen LogP contribution in [0.25, 0.3) is 11.0 Å². The van der Waals surface area contributed by atoms with Crippen molar-refractivity contribution in [1.29, 1.82) is 0 Å². The number of hydrogen-bond acceptors (Lipinski definition) is 6. The van der Waals surface area contributed by atoms with Crippen molar-refractivity contribution in [1.82, 2.24) is 9.88 Å². The van der Waals surface area contributed by atoms with Crippen LogP contribution in [-0.2, 0) is 11.2 Å². The lowest BCUT2D eigenvalue weighted by Crippen LogP contribution is -2.32. The summed E-state index contributed by atoms with van der Waals surface area (Å²) in [5.41, 5.74) is 1.02. The lowest BCUT2D eigenvalue weighted by molar-refractivity contribution is 0.0600. The van der Waals surface area contributed by atoms with Crippen molar-refractivity contribution in [2.75, 3.05) is 20.2 Å². The van der Waals surface area contributed by atoms with E-state index in [1.165, 1.54) is 19.4 Å². The van der Waals surface area contributed by atoms with Gasteiger partial charge in [-0.25, -0.2) is 9.59 Å². The van der Waals surface area contributed by atoms with Gasteiger partial charge in [0.15, 0.2) is 0 Å². The molecule has 30 heavy (non-hydrogen) atoms. The fraction of sp³-hybridized carbons (Fsp3) is 0.273. The molecule has 1 aliphatic heterocycles.